The Morgan fingerprint density at radius 1 is 1.31 bits per heavy atom. The third kappa shape index (κ3) is 9.04. The zero-order chi connectivity index (χ0) is 24.5. The molecule has 1 aromatic carbocycles. The van der Waals surface area contributed by atoms with Crippen molar-refractivity contribution < 1.29 is 4.39 Å². The van der Waals surface area contributed by atoms with E-state index in [1.54, 1.807) is 0 Å². The van der Waals surface area contributed by atoms with Crippen LogP contribution in [0.4, 0.5) is 4.39 Å². The lowest BCUT2D eigenvalue weighted by Gasteiger charge is -2.28. The van der Waals surface area contributed by atoms with Crippen LogP contribution in [0.5, 0.6) is 0 Å². The predicted molar refractivity (Wildman–Crippen MR) is 140 cm³/mol. The van der Waals surface area contributed by atoms with E-state index in [1.807, 2.05) is 38.7 Å². The van der Waals surface area contributed by atoms with Gasteiger partial charge < -0.3 is 20.9 Å². The summed E-state index contributed by atoms with van der Waals surface area (Å²) in [5.41, 5.74) is 4.41. The largest absolute Gasteiger partial charge is 0.385 e. The molecule has 5 heteroatoms. The van der Waals surface area contributed by atoms with Crippen LogP contribution in [0.15, 0.2) is 73.6 Å². The van der Waals surface area contributed by atoms with Crippen LogP contribution in [-0.2, 0) is 0 Å². The number of nitrogens with one attached hydrogen (secondary N) is 3. The quantitative estimate of drug-likeness (QED) is 0.378. The van der Waals surface area contributed by atoms with Crippen molar-refractivity contribution in [3.8, 4) is 0 Å². The maximum Gasteiger partial charge on any atom is 0.161 e. The van der Waals surface area contributed by atoms with Gasteiger partial charge in [0.15, 0.2) is 5.83 Å². The Labute approximate surface area is 195 Å². The van der Waals surface area contributed by atoms with Crippen molar-refractivity contribution in [3.63, 3.8) is 0 Å². The molecule has 1 aliphatic rings. The molecule has 1 heterocycles. The Bertz CT molecular complexity index is 780. The Kier molecular flexibility index (Phi) is 15.2. The first-order chi connectivity index (χ1) is 15.5. The Hall–Kier alpha value is -2.95. The maximum atomic E-state index is 14.0. The molecule has 0 fully saturated rings. The van der Waals surface area contributed by atoms with Crippen LogP contribution in [0, 0.1) is 6.92 Å². The molecule has 0 aliphatic carbocycles. The third-order valence-corrected chi connectivity index (χ3v) is 4.95. The second kappa shape index (κ2) is 16.7. The van der Waals surface area contributed by atoms with Crippen molar-refractivity contribution in [1.82, 2.24) is 20.9 Å². The molecule has 0 radical (unpaired) electrons. The minimum Gasteiger partial charge on any atom is -0.385 e. The highest BCUT2D eigenvalue weighted by atomic mass is 19.1. The predicted octanol–water partition coefficient (Wildman–Crippen LogP) is 6.19. The van der Waals surface area contributed by atoms with E-state index in [9.17, 15) is 4.39 Å². The summed E-state index contributed by atoms with van der Waals surface area (Å²) in [6.07, 6.45) is 7.49. The van der Waals surface area contributed by atoms with Crippen molar-refractivity contribution in [2.24, 2.45) is 0 Å². The Balaban J connectivity index is 0.00000227. The number of dihydropyridines is 1. The highest BCUT2D eigenvalue weighted by molar-refractivity contribution is 5.55. The summed E-state index contributed by atoms with van der Waals surface area (Å²) in [6, 6.07) is 6.49. The molecule has 1 aliphatic heterocycles. The highest BCUT2D eigenvalue weighted by Gasteiger charge is 2.15. The smallest absolute Gasteiger partial charge is 0.161 e. The van der Waals surface area contributed by atoms with Crippen molar-refractivity contribution in [3.05, 3.63) is 90.3 Å². The second-order valence-corrected chi connectivity index (χ2v) is 6.90. The van der Waals surface area contributed by atoms with Gasteiger partial charge in [-0.2, -0.15) is 0 Å². The van der Waals surface area contributed by atoms with E-state index in [1.165, 1.54) is 22.9 Å². The van der Waals surface area contributed by atoms with Crippen molar-refractivity contribution >= 4 is 6.08 Å². The SMILES string of the molecule is C=C.C=C(NCCN(CC)C1=CCNC=C1F)NC(C)c1cccc(/C=C\C)c1C.CC. The summed E-state index contributed by atoms with van der Waals surface area (Å²) < 4.78 is 14.0. The van der Waals surface area contributed by atoms with E-state index in [0.717, 1.165) is 12.4 Å². The molecule has 2 rings (SSSR count). The van der Waals surface area contributed by atoms with Crippen LogP contribution in [0.2, 0.25) is 0 Å². The molecule has 178 valence electrons. The molecule has 32 heavy (non-hydrogen) atoms. The first-order valence-electron chi connectivity index (χ1n) is 11.4. The van der Waals surface area contributed by atoms with Crippen LogP contribution >= 0.6 is 0 Å². The van der Waals surface area contributed by atoms with Crippen molar-refractivity contribution in [2.45, 2.75) is 47.6 Å². The molecule has 3 N–H and O–H groups in total. The molecule has 1 atom stereocenters. The number of allylic oxidation sites excluding steroid dienone is 2. The van der Waals surface area contributed by atoms with E-state index < -0.39 is 0 Å². The molecule has 0 aromatic heterocycles. The number of rotatable bonds is 10. The van der Waals surface area contributed by atoms with E-state index in [2.05, 4.69) is 79.9 Å². The lowest BCUT2D eigenvalue weighted by molar-refractivity contribution is 0.346. The van der Waals surface area contributed by atoms with E-state index in [0.29, 0.717) is 25.3 Å². The van der Waals surface area contributed by atoms with Gasteiger partial charge in [0.2, 0.25) is 0 Å². The Morgan fingerprint density at radius 2 is 2.00 bits per heavy atom. The lowest BCUT2D eigenvalue weighted by Crippen LogP contribution is -2.36. The van der Waals surface area contributed by atoms with Gasteiger partial charge in [-0.3, -0.25) is 0 Å². The molecule has 4 nitrogen and oxygen atoms in total. The van der Waals surface area contributed by atoms with Gasteiger partial charge in [0.1, 0.15) is 0 Å². The minimum absolute atomic E-state index is 0.139. The number of halogens is 1. The summed E-state index contributed by atoms with van der Waals surface area (Å²) in [4.78, 5) is 2.03. The van der Waals surface area contributed by atoms with E-state index in [-0.39, 0.29) is 11.9 Å². The molecule has 0 saturated heterocycles. The van der Waals surface area contributed by atoms with Gasteiger partial charge in [-0.1, -0.05) is 50.8 Å². The summed E-state index contributed by atoms with van der Waals surface area (Å²) in [6.45, 7) is 25.2. The van der Waals surface area contributed by atoms with Gasteiger partial charge in [-0.25, -0.2) is 4.39 Å². The van der Waals surface area contributed by atoms with Crippen molar-refractivity contribution in [1.29, 1.82) is 0 Å². The molecular weight excluding hydrogens is 399 g/mol. The van der Waals surface area contributed by atoms with Crippen molar-refractivity contribution in [2.75, 3.05) is 26.2 Å². The number of nitrogens with zero attached hydrogens (tertiary/aromatic N) is 1. The maximum absolute atomic E-state index is 14.0. The zero-order valence-corrected chi connectivity index (χ0v) is 20.9. The van der Waals surface area contributed by atoms with Crippen LogP contribution in [0.3, 0.4) is 0 Å². The van der Waals surface area contributed by atoms with Gasteiger partial charge in [0.05, 0.1) is 17.6 Å². The third-order valence-electron chi connectivity index (χ3n) is 4.95. The molecule has 0 saturated carbocycles. The Morgan fingerprint density at radius 3 is 2.59 bits per heavy atom. The summed E-state index contributed by atoms with van der Waals surface area (Å²) in [5, 5.41) is 9.63. The van der Waals surface area contributed by atoms with Gasteiger partial charge in [-0.05, 0) is 50.5 Å². The van der Waals surface area contributed by atoms with Gasteiger partial charge in [0, 0.05) is 32.4 Å². The van der Waals surface area contributed by atoms with Crippen LogP contribution in [0.25, 0.3) is 6.08 Å². The number of benzene rings is 1. The molecule has 1 unspecified atom stereocenters. The number of hydrogen-bond acceptors (Lipinski definition) is 4. The fourth-order valence-electron chi connectivity index (χ4n) is 3.44. The van der Waals surface area contributed by atoms with Gasteiger partial charge in [-0.15, -0.1) is 13.2 Å². The van der Waals surface area contributed by atoms with Crippen LogP contribution in [0.1, 0.15) is 57.4 Å². The normalized spacial score (nSPS) is 13.2. The highest BCUT2D eigenvalue weighted by Crippen LogP contribution is 2.22. The molecule has 0 amide bonds. The number of hydrogen-bond donors (Lipinski definition) is 3. The average molecular weight is 443 g/mol. The summed E-state index contributed by atoms with van der Waals surface area (Å²) >= 11 is 0. The first-order valence-corrected chi connectivity index (χ1v) is 11.4. The minimum atomic E-state index is -0.213. The van der Waals surface area contributed by atoms with E-state index >= 15 is 0 Å². The fraction of sp³-hybridized carbons (Fsp3) is 0.407. The monoisotopic (exact) mass is 442 g/mol. The topological polar surface area (TPSA) is 39.3 Å². The lowest BCUT2D eigenvalue weighted by atomic mass is 9.97. The van der Waals surface area contributed by atoms with Crippen LogP contribution in [-0.4, -0.2) is 31.1 Å². The van der Waals surface area contributed by atoms with Crippen LogP contribution < -0.4 is 16.0 Å². The van der Waals surface area contributed by atoms with Gasteiger partial charge in [0.25, 0.3) is 0 Å². The standard InChI is InChI=1S/C23H33FN4.C2H6.C2H4/c1-6-9-20-10-8-11-21(17(20)3)18(4)27-19(5)26-14-15-28(7-2)23-12-13-25-16-22(23)24;2*1-2/h6,8-12,16,18,25-27H,5,7,13-15H2,1-4H3;1-2H3;1-2H2/b9-6-;;. The summed E-state index contributed by atoms with van der Waals surface area (Å²) in [7, 11) is 0. The average Bonchev–Trinajstić information content (AvgIpc) is 2.81. The molecular formula is C27H43FN4. The van der Waals surface area contributed by atoms with Gasteiger partial charge >= 0.3 is 0 Å². The first kappa shape index (κ1) is 29.1. The molecule has 0 bridgehead atoms. The molecule has 1 aromatic rings. The van der Waals surface area contributed by atoms with E-state index in [4.69, 9.17) is 0 Å². The summed E-state index contributed by atoms with van der Waals surface area (Å²) in [5.74, 6) is 0.560. The fourth-order valence-corrected chi connectivity index (χ4v) is 3.44. The zero-order valence-electron chi connectivity index (χ0n) is 20.9. The molecule has 0 spiro atoms. The second-order valence-electron chi connectivity index (χ2n) is 6.90. The number of likely N-dealkylation sites (N-methyl/N-ethyl adjacent to an activating group) is 1.